The van der Waals surface area contributed by atoms with Crippen molar-refractivity contribution in [2.24, 2.45) is 0 Å². The van der Waals surface area contributed by atoms with Crippen LogP contribution in [0.5, 0.6) is 0 Å². The van der Waals surface area contributed by atoms with Gasteiger partial charge in [0.25, 0.3) is 10.0 Å². The highest BCUT2D eigenvalue weighted by Crippen LogP contribution is 2.28. The zero-order chi connectivity index (χ0) is 15.5. The molecule has 0 saturated heterocycles. The van der Waals surface area contributed by atoms with E-state index < -0.39 is 10.0 Å². The van der Waals surface area contributed by atoms with Crippen LogP contribution in [0.2, 0.25) is 0 Å². The Morgan fingerprint density at radius 2 is 2.00 bits per heavy atom. The van der Waals surface area contributed by atoms with Gasteiger partial charge in [-0.25, -0.2) is 8.42 Å². The molecule has 1 N–H and O–H groups in total. The fourth-order valence-corrected chi connectivity index (χ4v) is 3.14. The Kier molecular flexibility index (Phi) is 4.67. The zero-order valence-electron chi connectivity index (χ0n) is 12.6. The fourth-order valence-electron chi connectivity index (χ4n) is 2.10. The Bertz CT molecular complexity index is 707. The standard InChI is InChI=1S/C15H21N3O2S/c1-4-12(3)14-8-6-7-9-15(14)17-21(19,20)13-10-16-18(5-2)11-13/h6-12,17H,4-5H2,1-3H3/t12-/m1/s1. The largest absolute Gasteiger partial charge is 0.279 e. The zero-order valence-corrected chi connectivity index (χ0v) is 13.4. The minimum absolute atomic E-state index is 0.184. The van der Waals surface area contributed by atoms with Crippen LogP contribution in [0, 0.1) is 0 Å². The second-order valence-electron chi connectivity index (χ2n) is 5.03. The first-order valence-electron chi connectivity index (χ1n) is 7.12. The third-order valence-electron chi connectivity index (χ3n) is 3.59. The van der Waals surface area contributed by atoms with E-state index in [4.69, 9.17) is 0 Å². The van der Waals surface area contributed by atoms with Gasteiger partial charge in [0.15, 0.2) is 0 Å². The van der Waals surface area contributed by atoms with E-state index in [1.807, 2.05) is 25.1 Å². The number of aromatic nitrogens is 2. The molecule has 5 nitrogen and oxygen atoms in total. The average Bonchev–Trinajstić information content (AvgIpc) is 2.96. The maximum atomic E-state index is 12.4. The summed E-state index contributed by atoms with van der Waals surface area (Å²) in [5.41, 5.74) is 1.64. The third-order valence-corrected chi connectivity index (χ3v) is 4.91. The topological polar surface area (TPSA) is 64.0 Å². The van der Waals surface area contributed by atoms with Crippen molar-refractivity contribution in [3.8, 4) is 0 Å². The van der Waals surface area contributed by atoms with E-state index >= 15 is 0 Å². The predicted octanol–water partition coefficient (Wildman–Crippen LogP) is 3.22. The number of sulfonamides is 1. The number of anilines is 1. The number of hydrogen-bond donors (Lipinski definition) is 1. The highest BCUT2D eigenvalue weighted by atomic mass is 32.2. The molecule has 1 aromatic carbocycles. The van der Waals surface area contributed by atoms with Crippen LogP contribution in [0.3, 0.4) is 0 Å². The molecule has 2 aromatic rings. The number of benzene rings is 1. The first-order valence-corrected chi connectivity index (χ1v) is 8.60. The van der Waals surface area contributed by atoms with Crippen molar-refractivity contribution >= 4 is 15.7 Å². The smallest absolute Gasteiger partial charge is 0.265 e. The van der Waals surface area contributed by atoms with Crippen LogP contribution in [0.1, 0.15) is 38.7 Å². The van der Waals surface area contributed by atoms with Crippen molar-refractivity contribution in [1.29, 1.82) is 0 Å². The summed E-state index contributed by atoms with van der Waals surface area (Å²) in [6.45, 7) is 6.72. The normalized spacial score (nSPS) is 13.1. The summed E-state index contributed by atoms with van der Waals surface area (Å²) in [6, 6.07) is 7.51. The SMILES string of the molecule is CC[C@@H](C)c1ccccc1NS(=O)(=O)c1cnn(CC)c1. The van der Waals surface area contributed by atoms with Crippen LogP contribution < -0.4 is 4.72 Å². The van der Waals surface area contributed by atoms with E-state index in [9.17, 15) is 8.42 Å². The van der Waals surface area contributed by atoms with Crippen LogP contribution in [-0.2, 0) is 16.6 Å². The lowest BCUT2D eigenvalue weighted by molar-refractivity contribution is 0.600. The number of para-hydroxylation sites is 1. The van der Waals surface area contributed by atoms with Gasteiger partial charge in [0, 0.05) is 12.7 Å². The molecular formula is C15H21N3O2S. The third kappa shape index (κ3) is 3.44. The molecule has 0 amide bonds. The molecular weight excluding hydrogens is 286 g/mol. The summed E-state index contributed by atoms with van der Waals surface area (Å²) >= 11 is 0. The van der Waals surface area contributed by atoms with Crippen LogP contribution in [0.15, 0.2) is 41.6 Å². The van der Waals surface area contributed by atoms with E-state index in [1.165, 1.54) is 12.4 Å². The minimum Gasteiger partial charge on any atom is -0.279 e. The van der Waals surface area contributed by atoms with Crippen molar-refractivity contribution < 1.29 is 8.42 Å². The van der Waals surface area contributed by atoms with E-state index in [1.54, 1.807) is 10.7 Å². The molecule has 0 aliphatic heterocycles. The molecule has 0 aliphatic rings. The van der Waals surface area contributed by atoms with Crippen LogP contribution in [-0.4, -0.2) is 18.2 Å². The number of rotatable bonds is 6. The summed E-state index contributed by atoms with van der Waals surface area (Å²) in [4.78, 5) is 0.184. The van der Waals surface area contributed by atoms with Gasteiger partial charge in [0.05, 0.1) is 11.9 Å². The highest BCUT2D eigenvalue weighted by molar-refractivity contribution is 7.92. The molecule has 0 bridgehead atoms. The van der Waals surface area contributed by atoms with Gasteiger partial charge < -0.3 is 0 Å². The lowest BCUT2D eigenvalue weighted by Gasteiger charge is -2.15. The number of hydrogen-bond acceptors (Lipinski definition) is 3. The van der Waals surface area contributed by atoms with Gasteiger partial charge in [-0.2, -0.15) is 5.10 Å². The van der Waals surface area contributed by atoms with Crippen molar-refractivity contribution in [2.75, 3.05) is 4.72 Å². The molecule has 0 fully saturated rings. The lowest BCUT2D eigenvalue weighted by Crippen LogP contribution is -2.14. The molecule has 6 heteroatoms. The second kappa shape index (κ2) is 6.30. The summed E-state index contributed by atoms with van der Waals surface area (Å²) in [6.07, 6.45) is 3.86. The molecule has 0 spiro atoms. The van der Waals surface area contributed by atoms with E-state index in [0.29, 0.717) is 18.2 Å². The molecule has 1 heterocycles. The molecule has 0 saturated carbocycles. The predicted molar refractivity (Wildman–Crippen MR) is 83.9 cm³/mol. The molecule has 21 heavy (non-hydrogen) atoms. The van der Waals surface area contributed by atoms with Crippen molar-refractivity contribution in [2.45, 2.75) is 44.6 Å². The van der Waals surface area contributed by atoms with E-state index in [0.717, 1.165) is 12.0 Å². The average molecular weight is 307 g/mol. The van der Waals surface area contributed by atoms with Gasteiger partial charge in [-0.1, -0.05) is 32.0 Å². The second-order valence-corrected chi connectivity index (χ2v) is 6.72. The molecule has 0 unspecified atom stereocenters. The molecule has 1 atom stereocenters. The summed E-state index contributed by atoms with van der Waals surface area (Å²) < 4.78 is 29.1. The number of aryl methyl sites for hydroxylation is 1. The Morgan fingerprint density at radius 1 is 1.29 bits per heavy atom. The Hall–Kier alpha value is -1.82. The van der Waals surface area contributed by atoms with Crippen LogP contribution >= 0.6 is 0 Å². The molecule has 0 radical (unpaired) electrons. The Labute approximate surface area is 126 Å². The first kappa shape index (κ1) is 15.6. The van der Waals surface area contributed by atoms with Crippen molar-refractivity contribution in [3.63, 3.8) is 0 Å². The molecule has 1 aromatic heterocycles. The monoisotopic (exact) mass is 307 g/mol. The quantitative estimate of drug-likeness (QED) is 0.891. The first-order chi connectivity index (χ1) is 9.97. The highest BCUT2D eigenvalue weighted by Gasteiger charge is 2.19. The van der Waals surface area contributed by atoms with Crippen LogP contribution in [0.4, 0.5) is 5.69 Å². The van der Waals surface area contributed by atoms with Crippen molar-refractivity contribution in [1.82, 2.24) is 9.78 Å². The van der Waals surface area contributed by atoms with Crippen LogP contribution in [0.25, 0.3) is 0 Å². The molecule has 114 valence electrons. The van der Waals surface area contributed by atoms with Gasteiger partial charge in [0.2, 0.25) is 0 Å². The van der Waals surface area contributed by atoms with E-state index in [-0.39, 0.29) is 4.90 Å². The van der Waals surface area contributed by atoms with E-state index in [2.05, 4.69) is 23.7 Å². The summed E-state index contributed by atoms with van der Waals surface area (Å²) in [5, 5.41) is 4.01. The molecule has 0 aliphatic carbocycles. The van der Waals surface area contributed by atoms with Gasteiger partial charge in [-0.3, -0.25) is 9.40 Å². The summed E-state index contributed by atoms with van der Waals surface area (Å²) in [5.74, 6) is 0.294. The number of nitrogens with zero attached hydrogens (tertiary/aromatic N) is 2. The van der Waals surface area contributed by atoms with Gasteiger partial charge >= 0.3 is 0 Å². The maximum Gasteiger partial charge on any atom is 0.265 e. The summed E-state index contributed by atoms with van der Waals surface area (Å²) in [7, 11) is -3.60. The lowest BCUT2D eigenvalue weighted by atomic mass is 9.97. The van der Waals surface area contributed by atoms with Gasteiger partial charge in [0.1, 0.15) is 4.90 Å². The Balaban J connectivity index is 2.33. The number of nitrogens with one attached hydrogen (secondary N) is 1. The Morgan fingerprint density at radius 3 is 2.62 bits per heavy atom. The molecule has 2 rings (SSSR count). The van der Waals surface area contributed by atoms with Gasteiger partial charge in [-0.15, -0.1) is 0 Å². The fraction of sp³-hybridized carbons (Fsp3) is 0.400. The maximum absolute atomic E-state index is 12.4. The van der Waals surface area contributed by atoms with Gasteiger partial charge in [-0.05, 0) is 30.9 Å². The minimum atomic E-state index is -3.60. The van der Waals surface area contributed by atoms with Crippen molar-refractivity contribution in [3.05, 3.63) is 42.2 Å².